The van der Waals surface area contributed by atoms with E-state index in [4.69, 9.17) is 9.11 Å². The zero-order chi connectivity index (χ0) is 19.1. The third-order valence-corrected chi connectivity index (χ3v) is 5.34. The largest absolute Gasteiger partial charge is 1.00 e. The van der Waals surface area contributed by atoms with E-state index in [9.17, 15) is 16.8 Å². The van der Waals surface area contributed by atoms with Crippen LogP contribution in [0, 0.1) is 13.8 Å². The molecule has 0 bridgehead atoms. The van der Waals surface area contributed by atoms with Crippen LogP contribution < -0.4 is 64.0 Å². The summed E-state index contributed by atoms with van der Waals surface area (Å²) in [6, 6.07) is 6.11. The van der Waals surface area contributed by atoms with Gasteiger partial charge in [0.15, 0.2) is 0 Å². The number of benzene rings is 1. The zero-order valence-corrected chi connectivity index (χ0v) is 22.3. The van der Waals surface area contributed by atoms with Crippen LogP contribution in [0.25, 0.3) is 0 Å². The maximum absolute atomic E-state index is 10.8. The maximum Gasteiger partial charge on any atom is 1.00 e. The first-order valence-electron chi connectivity index (χ1n) is 8.20. The molecule has 1 aromatic carbocycles. The Labute approximate surface area is 210 Å². The Kier molecular flexibility index (Phi) is 15.5. The van der Waals surface area contributed by atoms with Crippen molar-refractivity contribution in [2.75, 3.05) is 29.5 Å². The van der Waals surface area contributed by atoms with Crippen LogP contribution in [0.4, 0.5) is 5.69 Å². The van der Waals surface area contributed by atoms with Crippen LogP contribution in [-0.4, -0.2) is 50.5 Å². The van der Waals surface area contributed by atoms with Gasteiger partial charge in [0.05, 0.1) is 11.5 Å². The Morgan fingerprint density at radius 2 is 1.15 bits per heavy atom. The molecule has 0 heterocycles. The molecule has 0 amide bonds. The average Bonchev–Trinajstić information content (AvgIpc) is 2.42. The van der Waals surface area contributed by atoms with Gasteiger partial charge in [0.2, 0.25) is 0 Å². The maximum atomic E-state index is 10.8. The summed E-state index contributed by atoms with van der Waals surface area (Å²) in [6.45, 7) is 5.19. The SMILES string of the molecule is Cc1cc(C)cc(N(CCCCS(=O)(=O)O)CCCCS(=O)(=O)O)c1.[H-].[H-].[Na+].[Na+]. The molecule has 7 nitrogen and oxygen atoms in total. The molecule has 11 heteroatoms. The third-order valence-electron chi connectivity index (χ3n) is 3.73. The number of nitrogens with zero attached hydrogens (tertiary/aromatic N) is 1. The van der Waals surface area contributed by atoms with Crippen LogP contribution >= 0.6 is 0 Å². The first-order valence-corrected chi connectivity index (χ1v) is 11.4. The van der Waals surface area contributed by atoms with E-state index in [-0.39, 0.29) is 73.5 Å². The van der Waals surface area contributed by atoms with Gasteiger partial charge in [-0.3, -0.25) is 9.11 Å². The minimum Gasteiger partial charge on any atom is -1.00 e. The van der Waals surface area contributed by atoms with Gasteiger partial charge < -0.3 is 7.75 Å². The molecule has 0 aliphatic heterocycles. The van der Waals surface area contributed by atoms with E-state index < -0.39 is 20.2 Å². The molecule has 0 radical (unpaired) electrons. The normalized spacial score (nSPS) is 11.4. The number of anilines is 1. The molecule has 0 saturated carbocycles. The molecule has 0 aromatic heterocycles. The Morgan fingerprint density at radius 3 is 1.48 bits per heavy atom. The van der Waals surface area contributed by atoms with Crippen molar-refractivity contribution in [3.05, 3.63) is 29.3 Å². The molecule has 0 unspecified atom stereocenters. The Bertz CT molecular complexity index is 719. The Hall–Kier alpha value is 0.840. The standard InChI is InChI=1S/C16H27NO6S2.2Na.2H/c1-14-11-15(2)13-16(12-14)17(7-3-5-9-24(18,19)20)8-4-6-10-25(21,22)23;;;;/h11-13H,3-10H2,1-2H3,(H,18,19,20)(H,21,22,23);;;;/q;2*+1;2*-1. The first-order chi connectivity index (χ1) is 11.5. The second-order valence-corrected chi connectivity index (χ2v) is 9.46. The molecule has 0 atom stereocenters. The van der Waals surface area contributed by atoms with E-state index in [2.05, 4.69) is 11.0 Å². The third kappa shape index (κ3) is 15.4. The summed E-state index contributed by atoms with van der Waals surface area (Å²) in [5, 5.41) is 0. The number of hydrogen-bond donors (Lipinski definition) is 2. The van der Waals surface area contributed by atoms with Crippen LogP contribution in [0.2, 0.25) is 0 Å². The van der Waals surface area contributed by atoms with Crippen molar-refractivity contribution >= 4 is 25.9 Å². The monoisotopic (exact) mass is 441 g/mol. The molecule has 2 N–H and O–H groups in total. The van der Waals surface area contributed by atoms with E-state index in [0.717, 1.165) is 16.8 Å². The summed E-state index contributed by atoms with van der Waals surface area (Å²) in [7, 11) is -7.90. The van der Waals surface area contributed by atoms with Gasteiger partial charge in [0.1, 0.15) is 0 Å². The molecule has 27 heavy (non-hydrogen) atoms. The molecular weight excluding hydrogens is 412 g/mol. The summed E-state index contributed by atoms with van der Waals surface area (Å²) in [6.07, 6.45) is 1.88. The predicted octanol–water partition coefficient (Wildman–Crippen LogP) is -3.32. The number of unbranched alkanes of at least 4 members (excludes halogenated alkanes) is 2. The van der Waals surface area contributed by atoms with Crippen molar-refractivity contribution in [3.63, 3.8) is 0 Å². The van der Waals surface area contributed by atoms with Crippen molar-refractivity contribution in [2.24, 2.45) is 0 Å². The van der Waals surface area contributed by atoms with Gasteiger partial charge >= 0.3 is 59.1 Å². The van der Waals surface area contributed by atoms with Gasteiger partial charge in [-0.1, -0.05) is 6.07 Å². The van der Waals surface area contributed by atoms with Crippen molar-refractivity contribution in [1.82, 2.24) is 0 Å². The zero-order valence-electron chi connectivity index (χ0n) is 18.7. The van der Waals surface area contributed by atoms with Crippen LogP contribution in [0.3, 0.4) is 0 Å². The summed E-state index contributed by atoms with van der Waals surface area (Å²) >= 11 is 0. The fourth-order valence-corrected chi connectivity index (χ4v) is 3.82. The van der Waals surface area contributed by atoms with Gasteiger partial charge in [-0.2, -0.15) is 16.8 Å². The topological polar surface area (TPSA) is 112 Å². The number of aryl methyl sites for hydroxylation is 2. The smallest absolute Gasteiger partial charge is 1.00 e. The summed E-state index contributed by atoms with van der Waals surface area (Å²) in [5.74, 6) is -0.535. The molecule has 0 spiro atoms. The van der Waals surface area contributed by atoms with E-state index in [1.807, 2.05) is 26.0 Å². The summed E-state index contributed by atoms with van der Waals surface area (Å²) in [5.41, 5.74) is 3.21. The van der Waals surface area contributed by atoms with Crippen LogP contribution in [0.1, 0.15) is 39.7 Å². The minimum absolute atomic E-state index is 0. The molecule has 148 valence electrons. The first kappa shape index (κ1) is 30.0. The van der Waals surface area contributed by atoms with Gasteiger partial charge in [0, 0.05) is 18.8 Å². The Morgan fingerprint density at radius 1 is 0.778 bits per heavy atom. The van der Waals surface area contributed by atoms with E-state index in [1.165, 1.54) is 0 Å². The van der Waals surface area contributed by atoms with Gasteiger partial charge in [-0.25, -0.2) is 0 Å². The molecule has 0 aliphatic carbocycles. The summed E-state index contributed by atoms with van der Waals surface area (Å²) in [4.78, 5) is 2.08. The predicted molar refractivity (Wildman–Crippen MR) is 102 cm³/mol. The van der Waals surface area contributed by atoms with Gasteiger partial charge in [-0.05, 0) is 62.8 Å². The van der Waals surface area contributed by atoms with E-state index in [1.54, 1.807) is 0 Å². The molecular formula is C16H29NNa2O6S2. The molecule has 1 aromatic rings. The van der Waals surface area contributed by atoms with Crippen molar-refractivity contribution in [1.29, 1.82) is 0 Å². The van der Waals surface area contributed by atoms with Gasteiger partial charge in [-0.15, -0.1) is 0 Å². The molecule has 0 aliphatic rings. The van der Waals surface area contributed by atoms with Crippen LogP contribution in [0.15, 0.2) is 18.2 Å². The molecule has 1 rings (SSSR count). The van der Waals surface area contributed by atoms with E-state index in [0.29, 0.717) is 38.8 Å². The second kappa shape index (κ2) is 14.0. The molecule has 0 fully saturated rings. The quantitative estimate of drug-likeness (QED) is 0.210. The number of hydrogen-bond acceptors (Lipinski definition) is 5. The van der Waals surface area contributed by atoms with Crippen molar-refractivity contribution in [3.8, 4) is 0 Å². The fraction of sp³-hybridized carbons (Fsp3) is 0.625. The Balaban J connectivity index is -0.000000781. The van der Waals surface area contributed by atoms with Crippen molar-refractivity contribution < 1.29 is 87.9 Å². The molecule has 0 saturated heterocycles. The minimum atomic E-state index is -3.95. The van der Waals surface area contributed by atoms with Crippen LogP contribution in [-0.2, 0) is 20.2 Å². The van der Waals surface area contributed by atoms with Crippen molar-refractivity contribution in [2.45, 2.75) is 39.5 Å². The van der Waals surface area contributed by atoms with Gasteiger partial charge in [0.25, 0.3) is 20.2 Å². The number of rotatable bonds is 11. The fourth-order valence-electron chi connectivity index (χ4n) is 2.68. The van der Waals surface area contributed by atoms with E-state index >= 15 is 0 Å². The second-order valence-electron chi connectivity index (χ2n) is 6.32. The van der Waals surface area contributed by atoms with Crippen LogP contribution in [0.5, 0.6) is 0 Å². The summed E-state index contributed by atoms with van der Waals surface area (Å²) < 4.78 is 60.8. The average molecular weight is 442 g/mol.